The average Bonchev–Trinajstić information content (AvgIpc) is 2.86. The highest BCUT2D eigenvalue weighted by molar-refractivity contribution is 6.29. The number of fused-ring (bicyclic) bond motifs is 1. The zero-order valence-electron chi connectivity index (χ0n) is 10.4. The van der Waals surface area contributed by atoms with Gasteiger partial charge in [0.2, 0.25) is 0 Å². The average molecular weight is 276 g/mol. The number of rotatable bonds is 4. The van der Waals surface area contributed by atoms with Crippen LogP contribution in [0, 0.1) is 0 Å². The van der Waals surface area contributed by atoms with E-state index in [4.69, 9.17) is 16.3 Å². The highest BCUT2D eigenvalue weighted by atomic mass is 35.5. The van der Waals surface area contributed by atoms with E-state index in [1.54, 1.807) is 6.07 Å². The number of hydrogen-bond acceptors (Lipinski definition) is 4. The summed E-state index contributed by atoms with van der Waals surface area (Å²) in [5.41, 5.74) is 2.61. The molecule has 1 aromatic carbocycles. The number of nitrogens with one attached hydrogen (secondary N) is 1. The first kappa shape index (κ1) is 12.2. The van der Waals surface area contributed by atoms with Gasteiger partial charge in [-0.15, -0.1) is 0 Å². The molecule has 1 N–H and O–H groups in total. The second kappa shape index (κ2) is 5.45. The second-order valence-corrected chi connectivity index (χ2v) is 4.83. The van der Waals surface area contributed by atoms with Crippen LogP contribution in [0.1, 0.15) is 11.1 Å². The fourth-order valence-electron chi connectivity index (χ4n) is 2.16. The van der Waals surface area contributed by atoms with Gasteiger partial charge in [0.15, 0.2) is 0 Å². The Morgan fingerprint density at radius 1 is 1.26 bits per heavy atom. The van der Waals surface area contributed by atoms with E-state index in [1.807, 2.05) is 0 Å². The maximum absolute atomic E-state index is 5.80. The van der Waals surface area contributed by atoms with Crippen molar-refractivity contribution in [1.29, 1.82) is 0 Å². The molecule has 5 heteroatoms. The molecule has 0 saturated carbocycles. The summed E-state index contributed by atoms with van der Waals surface area (Å²) in [5.74, 6) is 1.78. The Hall–Kier alpha value is -1.81. The van der Waals surface area contributed by atoms with Crippen LogP contribution in [0.3, 0.4) is 0 Å². The fourth-order valence-corrected chi connectivity index (χ4v) is 2.31. The number of benzene rings is 1. The summed E-state index contributed by atoms with van der Waals surface area (Å²) in [6.07, 6.45) is 3.41. The largest absolute Gasteiger partial charge is 0.493 e. The third kappa shape index (κ3) is 2.96. The number of anilines is 1. The molecule has 2 heterocycles. The standard InChI is InChI=1S/C14H14ClN3O/c15-13-8-14(18-9-17-13)16-5-3-10-1-2-12-11(7-10)4-6-19-12/h1-2,7-9H,3-6H2,(H,16,17,18). The summed E-state index contributed by atoms with van der Waals surface area (Å²) in [6.45, 7) is 1.61. The van der Waals surface area contributed by atoms with Crippen LogP contribution in [0.4, 0.5) is 5.82 Å². The molecule has 0 atom stereocenters. The molecule has 4 nitrogen and oxygen atoms in total. The predicted octanol–water partition coefficient (Wildman–Crippen LogP) is 2.72. The Morgan fingerprint density at radius 3 is 3.11 bits per heavy atom. The van der Waals surface area contributed by atoms with Crippen molar-refractivity contribution < 1.29 is 4.74 Å². The summed E-state index contributed by atoms with van der Waals surface area (Å²) in [7, 11) is 0. The molecule has 98 valence electrons. The molecule has 0 saturated heterocycles. The van der Waals surface area contributed by atoms with Crippen LogP contribution in [0.25, 0.3) is 0 Å². The highest BCUT2D eigenvalue weighted by Crippen LogP contribution is 2.25. The van der Waals surface area contributed by atoms with Gasteiger partial charge in [-0.1, -0.05) is 23.7 Å². The Kier molecular flexibility index (Phi) is 3.51. The lowest BCUT2D eigenvalue weighted by Gasteiger charge is -2.06. The van der Waals surface area contributed by atoms with Gasteiger partial charge in [0, 0.05) is 19.0 Å². The summed E-state index contributed by atoms with van der Waals surface area (Å²) in [4.78, 5) is 7.95. The number of aromatic nitrogens is 2. The SMILES string of the molecule is Clc1cc(NCCc2ccc3c(c2)CCO3)ncn1. The van der Waals surface area contributed by atoms with E-state index < -0.39 is 0 Å². The maximum Gasteiger partial charge on any atom is 0.134 e. The molecule has 0 bridgehead atoms. The lowest BCUT2D eigenvalue weighted by molar-refractivity contribution is 0.357. The van der Waals surface area contributed by atoms with E-state index in [0.29, 0.717) is 5.15 Å². The van der Waals surface area contributed by atoms with Crippen molar-refractivity contribution in [1.82, 2.24) is 9.97 Å². The first-order valence-electron chi connectivity index (χ1n) is 6.27. The van der Waals surface area contributed by atoms with Crippen LogP contribution < -0.4 is 10.1 Å². The molecule has 1 aliphatic rings. The number of nitrogens with zero attached hydrogens (tertiary/aromatic N) is 2. The van der Waals surface area contributed by atoms with Crippen LogP contribution >= 0.6 is 11.6 Å². The van der Waals surface area contributed by atoms with Gasteiger partial charge in [-0.05, 0) is 23.6 Å². The molecule has 0 radical (unpaired) electrons. The fraction of sp³-hybridized carbons (Fsp3) is 0.286. The first-order valence-corrected chi connectivity index (χ1v) is 6.65. The Morgan fingerprint density at radius 2 is 2.21 bits per heavy atom. The lowest BCUT2D eigenvalue weighted by Crippen LogP contribution is -2.06. The second-order valence-electron chi connectivity index (χ2n) is 4.44. The molecular weight excluding hydrogens is 262 g/mol. The van der Waals surface area contributed by atoms with Crippen LogP contribution in [-0.4, -0.2) is 23.1 Å². The van der Waals surface area contributed by atoms with E-state index in [0.717, 1.165) is 37.6 Å². The maximum atomic E-state index is 5.80. The van der Waals surface area contributed by atoms with E-state index in [-0.39, 0.29) is 0 Å². The van der Waals surface area contributed by atoms with Crippen molar-refractivity contribution in [3.8, 4) is 5.75 Å². The minimum absolute atomic E-state index is 0.451. The van der Waals surface area contributed by atoms with Crippen LogP contribution in [0.5, 0.6) is 5.75 Å². The minimum atomic E-state index is 0.451. The van der Waals surface area contributed by atoms with E-state index >= 15 is 0 Å². The van der Waals surface area contributed by atoms with Crippen LogP contribution in [-0.2, 0) is 12.8 Å². The highest BCUT2D eigenvalue weighted by Gasteiger charge is 2.11. The third-order valence-electron chi connectivity index (χ3n) is 3.11. The molecule has 1 aliphatic heterocycles. The van der Waals surface area contributed by atoms with E-state index in [9.17, 15) is 0 Å². The molecule has 2 aromatic rings. The van der Waals surface area contributed by atoms with Gasteiger partial charge in [-0.3, -0.25) is 0 Å². The van der Waals surface area contributed by atoms with Gasteiger partial charge in [0.25, 0.3) is 0 Å². The molecule has 0 spiro atoms. The quantitative estimate of drug-likeness (QED) is 0.872. The molecule has 19 heavy (non-hydrogen) atoms. The van der Waals surface area contributed by atoms with Gasteiger partial charge in [0.1, 0.15) is 23.0 Å². The minimum Gasteiger partial charge on any atom is -0.493 e. The number of hydrogen-bond donors (Lipinski definition) is 1. The van der Waals surface area contributed by atoms with Crippen LogP contribution in [0.15, 0.2) is 30.6 Å². The van der Waals surface area contributed by atoms with Gasteiger partial charge in [0.05, 0.1) is 6.61 Å². The summed E-state index contributed by atoms with van der Waals surface area (Å²) >= 11 is 5.80. The van der Waals surface area contributed by atoms with Crippen molar-refractivity contribution >= 4 is 17.4 Å². The van der Waals surface area contributed by atoms with Gasteiger partial charge < -0.3 is 10.1 Å². The Balaban J connectivity index is 1.58. The van der Waals surface area contributed by atoms with Crippen molar-refractivity contribution in [2.75, 3.05) is 18.5 Å². The summed E-state index contributed by atoms with van der Waals surface area (Å²) in [6, 6.07) is 8.10. The van der Waals surface area contributed by atoms with Crippen molar-refractivity contribution in [3.63, 3.8) is 0 Å². The molecule has 0 aliphatic carbocycles. The predicted molar refractivity (Wildman–Crippen MR) is 74.9 cm³/mol. The Labute approximate surface area is 116 Å². The Bertz CT molecular complexity index is 589. The summed E-state index contributed by atoms with van der Waals surface area (Å²) < 4.78 is 5.49. The van der Waals surface area contributed by atoms with E-state index in [1.165, 1.54) is 17.5 Å². The number of ether oxygens (including phenoxy) is 1. The van der Waals surface area contributed by atoms with Crippen molar-refractivity contribution in [3.05, 3.63) is 46.9 Å². The third-order valence-corrected chi connectivity index (χ3v) is 3.31. The van der Waals surface area contributed by atoms with Gasteiger partial charge in [-0.2, -0.15) is 0 Å². The van der Waals surface area contributed by atoms with Gasteiger partial charge in [-0.25, -0.2) is 9.97 Å². The first-order chi connectivity index (χ1) is 9.31. The summed E-state index contributed by atoms with van der Waals surface area (Å²) in [5, 5.41) is 3.69. The smallest absolute Gasteiger partial charge is 0.134 e. The van der Waals surface area contributed by atoms with E-state index in [2.05, 4.69) is 33.5 Å². The molecule has 0 amide bonds. The van der Waals surface area contributed by atoms with Gasteiger partial charge >= 0.3 is 0 Å². The monoisotopic (exact) mass is 275 g/mol. The van der Waals surface area contributed by atoms with Crippen molar-refractivity contribution in [2.24, 2.45) is 0 Å². The van der Waals surface area contributed by atoms with Crippen LogP contribution in [0.2, 0.25) is 5.15 Å². The normalized spacial score (nSPS) is 12.9. The molecule has 3 rings (SSSR count). The molecule has 1 aromatic heterocycles. The zero-order chi connectivity index (χ0) is 13.1. The topological polar surface area (TPSA) is 47.0 Å². The zero-order valence-corrected chi connectivity index (χ0v) is 11.2. The molecule has 0 unspecified atom stereocenters. The molecule has 0 fully saturated rings. The molecular formula is C14H14ClN3O. The van der Waals surface area contributed by atoms with Crippen molar-refractivity contribution in [2.45, 2.75) is 12.8 Å². The number of halogens is 1. The lowest BCUT2D eigenvalue weighted by atomic mass is 10.1.